The molecule has 0 saturated carbocycles. The van der Waals surface area contributed by atoms with Gasteiger partial charge >= 0.3 is 0 Å². The highest BCUT2D eigenvalue weighted by Gasteiger charge is 2.24. The largest absolute Gasteiger partial charge is 0.505 e. The number of hydrogen-bond donors (Lipinski definition) is 2. The Morgan fingerprint density at radius 1 is 0.897 bits per heavy atom. The molecule has 0 aliphatic heterocycles. The number of phenols is 1. The lowest BCUT2D eigenvalue weighted by molar-refractivity contribution is -0.361. The fourth-order valence-corrected chi connectivity index (χ4v) is 3.57. The summed E-state index contributed by atoms with van der Waals surface area (Å²) in [6, 6.07) is 22.2. The summed E-state index contributed by atoms with van der Waals surface area (Å²) in [5.41, 5.74) is 4.68. The molecule has 2 aromatic carbocycles. The normalized spacial score (nSPS) is 12.3. The van der Waals surface area contributed by atoms with E-state index in [2.05, 4.69) is 53.4 Å². The average Bonchev–Trinajstić information content (AvgIpc) is 2.74. The fourth-order valence-electron chi connectivity index (χ4n) is 3.57. The maximum atomic E-state index is 11.1. The van der Waals surface area contributed by atoms with Crippen LogP contribution in [0.2, 0.25) is 0 Å². The van der Waals surface area contributed by atoms with Gasteiger partial charge in [0.25, 0.3) is 5.82 Å². The topological polar surface area (TPSA) is 59.3 Å². The van der Waals surface area contributed by atoms with Crippen molar-refractivity contribution in [1.29, 1.82) is 0 Å². The van der Waals surface area contributed by atoms with Gasteiger partial charge in [0.1, 0.15) is 17.3 Å². The van der Waals surface area contributed by atoms with Crippen molar-refractivity contribution in [3.63, 3.8) is 0 Å². The minimum atomic E-state index is -0.221. The highest BCUT2D eigenvalue weighted by Crippen LogP contribution is 2.36. The summed E-state index contributed by atoms with van der Waals surface area (Å²) < 4.78 is 0. The Balaban J connectivity index is 1.83. The molecule has 4 rings (SSSR count). The van der Waals surface area contributed by atoms with Crippen molar-refractivity contribution in [2.45, 2.75) is 32.7 Å². The van der Waals surface area contributed by atoms with Crippen molar-refractivity contribution in [3.05, 3.63) is 95.3 Å². The summed E-state index contributed by atoms with van der Waals surface area (Å²) >= 11 is 0. The first kappa shape index (κ1) is 18.9. The van der Waals surface area contributed by atoms with Gasteiger partial charge in [-0.15, -0.1) is 0 Å². The maximum Gasteiger partial charge on any atom is 0.272 e. The molecule has 0 aliphatic carbocycles. The summed E-state index contributed by atoms with van der Waals surface area (Å²) in [5, 5.41) is 15.6. The number of aromatic nitrogens is 2. The molecule has 2 heterocycles. The highest BCUT2D eigenvalue weighted by molar-refractivity contribution is 5.86. The lowest BCUT2D eigenvalue weighted by Gasteiger charge is -2.18. The monoisotopic (exact) mass is 384 g/mol. The molecule has 4 heteroatoms. The molecule has 1 atom stereocenters. The van der Waals surface area contributed by atoms with Crippen molar-refractivity contribution < 1.29 is 10.1 Å². The number of nitrogens with one attached hydrogen (secondary N) is 2. The molecule has 4 nitrogen and oxygen atoms in total. The number of anilines is 1. The second kappa shape index (κ2) is 7.92. The van der Waals surface area contributed by atoms with Gasteiger partial charge < -0.3 is 5.11 Å². The summed E-state index contributed by atoms with van der Waals surface area (Å²) in [5.74, 6) is 1.56. The molecule has 0 saturated heterocycles. The molecule has 0 unspecified atom stereocenters. The van der Waals surface area contributed by atoms with Gasteiger partial charge in [-0.05, 0) is 36.6 Å². The Hall–Kier alpha value is -3.40. The van der Waals surface area contributed by atoms with E-state index in [0.717, 1.165) is 28.0 Å². The van der Waals surface area contributed by atoms with E-state index in [1.54, 1.807) is 0 Å². The first-order valence-corrected chi connectivity index (χ1v) is 9.95. The zero-order chi connectivity index (χ0) is 20.4. The zero-order valence-corrected chi connectivity index (χ0v) is 17.0. The van der Waals surface area contributed by atoms with Gasteiger partial charge in [0, 0.05) is 28.3 Å². The minimum absolute atomic E-state index is 0.215. The minimum Gasteiger partial charge on any atom is -0.505 e. The van der Waals surface area contributed by atoms with Gasteiger partial charge in [-0.2, -0.15) is 0 Å². The van der Waals surface area contributed by atoms with Crippen LogP contribution in [-0.2, 0) is 0 Å². The van der Waals surface area contributed by atoms with Crippen molar-refractivity contribution in [1.82, 2.24) is 4.98 Å². The molecule has 4 aromatic rings. The molecule has 29 heavy (non-hydrogen) atoms. The lowest BCUT2D eigenvalue weighted by atomic mass is 9.93. The molecule has 0 bridgehead atoms. The van der Waals surface area contributed by atoms with Crippen LogP contribution in [-0.4, -0.2) is 10.1 Å². The summed E-state index contributed by atoms with van der Waals surface area (Å²) in [7, 11) is 0. The third-order valence-corrected chi connectivity index (χ3v) is 5.26. The number of aryl methyl sites for hydroxylation is 1. The zero-order valence-electron chi connectivity index (χ0n) is 17.0. The van der Waals surface area contributed by atoms with Crippen molar-refractivity contribution in [3.8, 4) is 5.75 Å². The number of aromatic amines is 1. The standard InChI is InChI=1S/C25H25N3O/c1-16(2)18-9-11-19(12-10-18)23(28-22-6-4-5-15-26-22)21-14-13-20-8-7-17(3)27-24(20)25(21)29/h4-16,23,29H,1-3H3,(H,26,28)/p+1/t23-/m0/s1. The van der Waals surface area contributed by atoms with Gasteiger partial charge in [0.2, 0.25) is 0 Å². The molecule has 0 aliphatic rings. The quantitative estimate of drug-likeness (QED) is 0.485. The number of phenolic OH excluding ortho intramolecular Hbond substituents is 1. The van der Waals surface area contributed by atoms with Crippen molar-refractivity contribution >= 4 is 16.7 Å². The molecule has 0 radical (unpaired) electrons. The van der Waals surface area contributed by atoms with Crippen LogP contribution >= 0.6 is 0 Å². The average molecular weight is 385 g/mol. The number of aromatic hydroxyl groups is 1. The van der Waals surface area contributed by atoms with E-state index in [1.165, 1.54) is 5.56 Å². The van der Waals surface area contributed by atoms with Gasteiger partial charge in [0.05, 0.1) is 6.20 Å². The Bertz CT molecular complexity index is 1120. The van der Waals surface area contributed by atoms with E-state index in [4.69, 9.17) is 0 Å². The Kier molecular flexibility index (Phi) is 5.17. The van der Waals surface area contributed by atoms with Crippen LogP contribution in [0.5, 0.6) is 5.75 Å². The van der Waals surface area contributed by atoms with E-state index in [-0.39, 0.29) is 11.8 Å². The van der Waals surface area contributed by atoms with Gasteiger partial charge in [-0.1, -0.05) is 56.3 Å². The SMILES string of the molecule is Cc1ccc2ccc([C@@H](Nc3cccc[nH+]3)c3ccc(C(C)C)cc3)c(O)c2n1. The maximum absolute atomic E-state index is 11.1. The van der Waals surface area contributed by atoms with Crippen LogP contribution in [0, 0.1) is 6.92 Å². The number of H-pyrrole nitrogens is 1. The van der Waals surface area contributed by atoms with Crippen LogP contribution in [0.4, 0.5) is 5.82 Å². The molecule has 0 spiro atoms. The van der Waals surface area contributed by atoms with E-state index in [9.17, 15) is 5.11 Å². The molecule has 0 fully saturated rings. The smallest absolute Gasteiger partial charge is 0.272 e. The van der Waals surface area contributed by atoms with Gasteiger partial charge in [-0.25, -0.2) is 9.97 Å². The Morgan fingerprint density at radius 2 is 1.62 bits per heavy atom. The lowest BCUT2D eigenvalue weighted by Crippen LogP contribution is -2.19. The summed E-state index contributed by atoms with van der Waals surface area (Å²) in [6.45, 7) is 6.31. The van der Waals surface area contributed by atoms with Crippen LogP contribution in [0.15, 0.2) is 72.9 Å². The van der Waals surface area contributed by atoms with Crippen LogP contribution in [0.25, 0.3) is 10.9 Å². The Morgan fingerprint density at radius 3 is 2.31 bits per heavy atom. The second-order valence-electron chi connectivity index (χ2n) is 7.70. The van der Waals surface area contributed by atoms with E-state index >= 15 is 0 Å². The predicted octanol–water partition coefficient (Wildman–Crippen LogP) is 5.39. The van der Waals surface area contributed by atoms with Gasteiger partial charge in [-0.3, -0.25) is 5.32 Å². The third-order valence-electron chi connectivity index (χ3n) is 5.26. The summed E-state index contributed by atoms with van der Waals surface area (Å²) in [6.07, 6.45) is 1.88. The fraction of sp³-hybridized carbons (Fsp3) is 0.200. The van der Waals surface area contributed by atoms with E-state index in [1.807, 2.05) is 55.6 Å². The summed E-state index contributed by atoms with van der Waals surface area (Å²) in [4.78, 5) is 7.80. The molecular formula is C25H26N3O+. The van der Waals surface area contributed by atoms with E-state index < -0.39 is 0 Å². The van der Waals surface area contributed by atoms with E-state index in [0.29, 0.717) is 11.4 Å². The van der Waals surface area contributed by atoms with Crippen LogP contribution < -0.4 is 10.3 Å². The van der Waals surface area contributed by atoms with Crippen molar-refractivity contribution in [2.75, 3.05) is 5.32 Å². The van der Waals surface area contributed by atoms with Crippen LogP contribution in [0.1, 0.15) is 48.2 Å². The molecule has 2 aromatic heterocycles. The molecule has 3 N–H and O–H groups in total. The van der Waals surface area contributed by atoms with Crippen molar-refractivity contribution in [2.24, 2.45) is 0 Å². The number of nitrogens with zero attached hydrogens (tertiary/aromatic N) is 1. The number of fused-ring (bicyclic) bond motifs is 1. The highest BCUT2D eigenvalue weighted by atomic mass is 16.3. The molecular weight excluding hydrogens is 358 g/mol. The van der Waals surface area contributed by atoms with Crippen LogP contribution in [0.3, 0.4) is 0 Å². The number of benzene rings is 2. The predicted molar refractivity (Wildman–Crippen MR) is 117 cm³/mol. The first-order chi connectivity index (χ1) is 14.0. The third kappa shape index (κ3) is 3.92. The van der Waals surface area contributed by atoms with Gasteiger partial charge in [0.15, 0.2) is 0 Å². The number of rotatable bonds is 5. The first-order valence-electron chi connectivity index (χ1n) is 9.95. The molecule has 146 valence electrons. The Labute approximate surface area is 171 Å². The number of hydrogen-bond acceptors (Lipinski definition) is 3. The second-order valence-corrected chi connectivity index (χ2v) is 7.70. The number of pyridine rings is 2. The molecule has 0 amide bonds.